The van der Waals surface area contributed by atoms with Gasteiger partial charge >= 0.3 is 5.97 Å². The number of thiazole rings is 1. The van der Waals surface area contributed by atoms with Crippen LogP contribution < -0.4 is 9.52 Å². The molecule has 1 N–H and O–H groups in total. The van der Waals surface area contributed by atoms with Crippen molar-refractivity contribution in [1.82, 2.24) is 4.57 Å². The highest BCUT2D eigenvalue weighted by Crippen LogP contribution is 2.20. The lowest BCUT2D eigenvalue weighted by molar-refractivity contribution is 0.0526. The van der Waals surface area contributed by atoms with Gasteiger partial charge in [0.25, 0.3) is 15.9 Å². The Morgan fingerprint density at radius 2 is 1.68 bits per heavy atom. The highest BCUT2D eigenvalue weighted by atomic mass is 32.2. The molecule has 0 fully saturated rings. The summed E-state index contributed by atoms with van der Waals surface area (Å²) in [5.41, 5.74) is 1.91. The Balaban J connectivity index is 1.57. The van der Waals surface area contributed by atoms with Crippen LogP contribution >= 0.6 is 11.3 Å². The molecule has 1 amide bonds. The first-order chi connectivity index (χ1) is 16.3. The van der Waals surface area contributed by atoms with E-state index in [0.717, 1.165) is 10.2 Å². The second-order valence-electron chi connectivity index (χ2n) is 7.26. The third kappa shape index (κ3) is 4.92. The zero-order valence-electron chi connectivity index (χ0n) is 18.4. The number of aryl methyl sites for hydroxylation is 1. The molecule has 4 rings (SSSR count). The second kappa shape index (κ2) is 9.62. The summed E-state index contributed by atoms with van der Waals surface area (Å²) in [5, 5.41) is 0. The van der Waals surface area contributed by atoms with E-state index in [4.69, 9.17) is 4.74 Å². The van der Waals surface area contributed by atoms with E-state index in [2.05, 4.69) is 9.71 Å². The van der Waals surface area contributed by atoms with E-state index in [0.29, 0.717) is 21.6 Å². The number of aromatic nitrogens is 1. The summed E-state index contributed by atoms with van der Waals surface area (Å²) in [6.07, 6.45) is 0. The summed E-state index contributed by atoms with van der Waals surface area (Å²) < 4.78 is 35.0. The molecule has 0 aliphatic heterocycles. The minimum Gasteiger partial charge on any atom is -0.462 e. The molecule has 174 valence electrons. The Morgan fingerprint density at radius 1 is 1.00 bits per heavy atom. The number of sulfonamides is 1. The maximum Gasteiger partial charge on any atom is 0.338 e. The number of rotatable bonds is 6. The van der Waals surface area contributed by atoms with Gasteiger partial charge in [-0.1, -0.05) is 29.5 Å². The molecular weight excluding hydrogens is 474 g/mol. The van der Waals surface area contributed by atoms with E-state index < -0.39 is 21.9 Å². The van der Waals surface area contributed by atoms with E-state index >= 15 is 0 Å². The maximum atomic E-state index is 12.7. The van der Waals surface area contributed by atoms with E-state index in [9.17, 15) is 18.0 Å². The fraction of sp³-hybridized carbons (Fsp3) is 0.125. The van der Waals surface area contributed by atoms with Gasteiger partial charge in [0.15, 0.2) is 4.80 Å². The van der Waals surface area contributed by atoms with Crippen LogP contribution in [0.2, 0.25) is 0 Å². The van der Waals surface area contributed by atoms with Crippen molar-refractivity contribution in [3.63, 3.8) is 0 Å². The molecule has 0 spiro atoms. The molecule has 0 aliphatic rings. The Bertz CT molecular complexity index is 1540. The number of fused-ring (bicyclic) bond motifs is 1. The number of anilines is 1. The highest BCUT2D eigenvalue weighted by Gasteiger charge is 2.14. The van der Waals surface area contributed by atoms with Crippen LogP contribution in [0.5, 0.6) is 0 Å². The number of amides is 1. The summed E-state index contributed by atoms with van der Waals surface area (Å²) in [5.74, 6) is -0.872. The standard InChI is InChI=1S/C24H21N3O5S2/c1-3-32-23(29)17-11-14-20-21(15-17)33-24(27(20)2)25-22(28)16-9-12-18(13-10-16)26-34(30,31)19-7-5-4-6-8-19/h4-15,26H,3H2,1-2H3. The van der Waals surface area contributed by atoms with Gasteiger partial charge in [-0.25, -0.2) is 13.2 Å². The van der Waals surface area contributed by atoms with Gasteiger partial charge in [0, 0.05) is 18.3 Å². The Hall–Kier alpha value is -3.76. The van der Waals surface area contributed by atoms with Crippen molar-refractivity contribution in [3.8, 4) is 0 Å². The Morgan fingerprint density at radius 3 is 2.35 bits per heavy atom. The average molecular weight is 496 g/mol. The minimum absolute atomic E-state index is 0.147. The Labute approximate surface area is 200 Å². The highest BCUT2D eigenvalue weighted by molar-refractivity contribution is 7.92. The van der Waals surface area contributed by atoms with Crippen LogP contribution in [0.1, 0.15) is 27.6 Å². The normalized spacial score (nSPS) is 12.0. The third-order valence-electron chi connectivity index (χ3n) is 4.96. The van der Waals surface area contributed by atoms with Gasteiger partial charge in [0.2, 0.25) is 0 Å². The maximum absolute atomic E-state index is 12.7. The number of carbonyl (C=O) groups excluding carboxylic acids is 2. The minimum atomic E-state index is -3.72. The number of hydrogen-bond donors (Lipinski definition) is 1. The van der Waals surface area contributed by atoms with Crippen molar-refractivity contribution in [2.24, 2.45) is 12.0 Å². The van der Waals surface area contributed by atoms with Crippen LogP contribution in [0.4, 0.5) is 5.69 Å². The molecule has 0 unspecified atom stereocenters. The van der Waals surface area contributed by atoms with Gasteiger partial charge in [-0.3, -0.25) is 9.52 Å². The van der Waals surface area contributed by atoms with Crippen molar-refractivity contribution < 1.29 is 22.7 Å². The summed E-state index contributed by atoms with van der Waals surface area (Å²) >= 11 is 1.28. The summed E-state index contributed by atoms with van der Waals surface area (Å²) in [6.45, 7) is 2.03. The summed E-state index contributed by atoms with van der Waals surface area (Å²) in [6, 6.07) is 19.3. The number of nitrogens with one attached hydrogen (secondary N) is 1. The number of benzene rings is 3. The van der Waals surface area contributed by atoms with Gasteiger partial charge in [-0.15, -0.1) is 0 Å². The quantitative estimate of drug-likeness (QED) is 0.408. The molecule has 0 radical (unpaired) electrons. The third-order valence-corrected chi connectivity index (χ3v) is 7.45. The average Bonchev–Trinajstić information content (AvgIpc) is 3.14. The van der Waals surface area contributed by atoms with Gasteiger partial charge in [-0.05, 0) is 61.5 Å². The molecule has 0 saturated heterocycles. The van der Waals surface area contributed by atoms with Gasteiger partial charge < -0.3 is 9.30 Å². The molecular formula is C24H21N3O5S2. The van der Waals surface area contributed by atoms with Crippen molar-refractivity contribution in [3.05, 3.63) is 88.7 Å². The molecule has 0 bridgehead atoms. The monoisotopic (exact) mass is 495 g/mol. The summed E-state index contributed by atoms with van der Waals surface area (Å²) in [7, 11) is -1.93. The van der Waals surface area contributed by atoms with Gasteiger partial charge in [0.05, 0.1) is 27.3 Å². The lowest BCUT2D eigenvalue weighted by atomic mass is 10.2. The van der Waals surface area contributed by atoms with Crippen molar-refractivity contribution in [2.45, 2.75) is 11.8 Å². The predicted octanol–water partition coefficient (Wildman–Crippen LogP) is 3.96. The molecule has 0 aliphatic carbocycles. The van der Waals surface area contributed by atoms with Crippen molar-refractivity contribution in [1.29, 1.82) is 0 Å². The molecule has 4 aromatic rings. The number of carbonyl (C=O) groups is 2. The Kier molecular flexibility index (Phi) is 6.62. The fourth-order valence-electron chi connectivity index (χ4n) is 3.23. The van der Waals surface area contributed by atoms with Crippen LogP contribution in [0.15, 0.2) is 82.7 Å². The molecule has 0 saturated carbocycles. The van der Waals surface area contributed by atoms with Gasteiger partial charge in [-0.2, -0.15) is 4.99 Å². The lowest BCUT2D eigenvalue weighted by Crippen LogP contribution is -2.14. The number of hydrogen-bond acceptors (Lipinski definition) is 6. The number of esters is 1. The molecule has 1 aromatic heterocycles. The van der Waals surface area contributed by atoms with Gasteiger partial charge in [0.1, 0.15) is 0 Å². The van der Waals surface area contributed by atoms with Crippen LogP contribution in [-0.2, 0) is 21.8 Å². The van der Waals surface area contributed by atoms with Crippen LogP contribution in [0, 0.1) is 0 Å². The zero-order valence-corrected chi connectivity index (χ0v) is 20.0. The zero-order chi connectivity index (χ0) is 24.3. The topological polar surface area (TPSA) is 107 Å². The second-order valence-corrected chi connectivity index (χ2v) is 9.95. The fourth-order valence-corrected chi connectivity index (χ4v) is 5.36. The molecule has 1 heterocycles. The summed E-state index contributed by atoms with van der Waals surface area (Å²) in [4.78, 5) is 29.6. The van der Waals surface area contributed by atoms with Crippen LogP contribution in [-0.4, -0.2) is 31.5 Å². The molecule has 10 heteroatoms. The SMILES string of the molecule is CCOC(=O)c1ccc2c(c1)sc(=NC(=O)c1ccc(NS(=O)(=O)c3ccccc3)cc1)n2C. The first-order valence-corrected chi connectivity index (χ1v) is 12.6. The first kappa shape index (κ1) is 23.4. The smallest absolute Gasteiger partial charge is 0.338 e. The van der Waals surface area contributed by atoms with E-state index in [1.54, 1.807) is 54.9 Å². The first-order valence-electron chi connectivity index (χ1n) is 10.3. The largest absolute Gasteiger partial charge is 0.462 e. The van der Waals surface area contributed by atoms with Crippen LogP contribution in [0.25, 0.3) is 10.2 Å². The molecule has 8 nitrogen and oxygen atoms in total. The van der Waals surface area contributed by atoms with E-state index in [1.807, 2.05) is 0 Å². The molecule has 3 aromatic carbocycles. The van der Waals surface area contributed by atoms with Crippen molar-refractivity contribution >= 4 is 49.1 Å². The lowest BCUT2D eigenvalue weighted by Gasteiger charge is -2.08. The molecule has 34 heavy (non-hydrogen) atoms. The predicted molar refractivity (Wildman–Crippen MR) is 130 cm³/mol. The number of nitrogens with zero attached hydrogens (tertiary/aromatic N) is 2. The van der Waals surface area contributed by atoms with Crippen LogP contribution in [0.3, 0.4) is 0 Å². The molecule has 0 atom stereocenters. The number of ether oxygens (including phenoxy) is 1. The van der Waals surface area contributed by atoms with Crippen molar-refractivity contribution in [2.75, 3.05) is 11.3 Å². The van der Waals surface area contributed by atoms with E-state index in [1.165, 1.54) is 47.7 Å². The van der Waals surface area contributed by atoms with E-state index in [-0.39, 0.29) is 11.5 Å².